The first-order valence-electron chi connectivity index (χ1n) is 10.6. The van der Waals surface area contributed by atoms with Crippen molar-refractivity contribution >= 4 is 23.4 Å². The number of aromatic nitrogens is 2. The lowest BCUT2D eigenvalue weighted by atomic mass is 10.1. The van der Waals surface area contributed by atoms with Gasteiger partial charge in [-0.15, -0.1) is 10.2 Å². The standard InChI is InChI=1S/C21H26N6O3/c28-21(22-16-4-5-17-18(14-16)30-15-29-17)27-12-10-26(11-13-27)20-7-6-19(23-24-20)25-8-2-1-3-9-25/h4-7,14H,1-3,8-13,15H2,(H,22,28). The minimum Gasteiger partial charge on any atom is -0.454 e. The van der Waals surface area contributed by atoms with Gasteiger partial charge in [0, 0.05) is 51.0 Å². The summed E-state index contributed by atoms with van der Waals surface area (Å²) in [6.45, 7) is 5.06. The molecule has 1 N–H and O–H groups in total. The highest BCUT2D eigenvalue weighted by Gasteiger charge is 2.23. The van der Waals surface area contributed by atoms with Crippen LogP contribution in [0, 0.1) is 0 Å². The zero-order valence-corrected chi connectivity index (χ0v) is 16.9. The first-order valence-corrected chi connectivity index (χ1v) is 10.6. The van der Waals surface area contributed by atoms with Crippen LogP contribution < -0.4 is 24.6 Å². The third-order valence-corrected chi connectivity index (χ3v) is 5.83. The van der Waals surface area contributed by atoms with E-state index in [1.54, 1.807) is 6.07 Å². The smallest absolute Gasteiger partial charge is 0.321 e. The van der Waals surface area contributed by atoms with Crippen LogP contribution in [0.4, 0.5) is 22.1 Å². The Morgan fingerprint density at radius 2 is 1.47 bits per heavy atom. The molecule has 4 heterocycles. The maximum absolute atomic E-state index is 12.6. The number of piperazine rings is 1. The fraction of sp³-hybridized carbons (Fsp3) is 0.476. The predicted octanol–water partition coefficient (Wildman–Crippen LogP) is 2.55. The van der Waals surface area contributed by atoms with Gasteiger partial charge in [0.15, 0.2) is 23.1 Å². The third kappa shape index (κ3) is 3.92. The van der Waals surface area contributed by atoms with Crippen molar-refractivity contribution < 1.29 is 14.3 Å². The van der Waals surface area contributed by atoms with Crippen LogP contribution >= 0.6 is 0 Å². The van der Waals surface area contributed by atoms with Gasteiger partial charge in [-0.05, 0) is 43.5 Å². The second-order valence-corrected chi connectivity index (χ2v) is 7.77. The van der Waals surface area contributed by atoms with Gasteiger partial charge in [0.05, 0.1) is 0 Å². The van der Waals surface area contributed by atoms with Crippen LogP contribution in [0.15, 0.2) is 30.3 Å². The van der Waals surface area contributed by atoms with E-state index in [2.05, 4.69) is 31.4 Å². The van der Waals surface area contributed by atoms with Gasteiger partial charge in [-0.25, -0.2) is 4.79 Å². The number of urea groups is 1. The van der Waals surface area contributed by atoms with Crippen molar-refractivity contribution in [2.24, 2.45) is 0 Å². The van der Waals surface area contributed by atoms with Crippen LogP contribution in [-0.2, 0) is 0 Å². The minimum atomic E-state index is -0.111. The van der Waals surface area contributed by atoms with Crippen molar-refractivity contribution in [3.05, 3.63) is 30.3 Å². The maximum atomic E-state index is 12.6. The van der Waals surface area contributed by atoms with Crippen LogP contribution in [0.25, 0.3) is 0 Å². The summed E-state index contributed by atoms with van der Waals surface area (Å²) in [6.07, 6.45) is 3.74. The molecule has 0 aliphatic carbocycles. The topological polar surface area (TPSA) is 83.1 Å². The summed E-state index contributed by atoms with van der Waals surface area (Å²) in [5.41, 5.74) is 0.700. The Bertz CT molecular complexity index is 892. The van der Waals surface area contributed by atoms with E-state index < -0.39 is 0 Å². The second-order valence-electron chi connectivity index (χ2n) is 7.77. The summed E-state index contributed by atoms with van der Waals surface area (Å²) >= 11 is 0. The van der Waals surface area contributed by atoms with Gasteiger partial charge < -0.3 is 29.5 Å². The molecular formula is C21H26N6O3. The number of hydrogen-bond donors (Lipinski definition) is 1. The van der Waals surface area contributed by atoms with Crippen LogP contribution in [0.3, 0.4) is 0 Å². The number of carbonyl (C=O) groups excluding carboxylic acids is 1. The van der Waals surface area contributed by atoms with Crippen LogP contribution in [0.1, 0.15) is 19.3 Å². The van der Waals surface area contributed by atoms with E-state index in [4.69, 9.17) is 9.47 Å². The van der Waals surface area contributed by atoms with Gasteiger partial charge in [0.1, 0.15) is 0 Å². The highest BCUT2D eigenvalue weighted by Crippen LogP contribution is 2.34. The fourth-order valence-corrected chi connectivity index (χ4v) is 4.09. The number of nitrogens with one attached hydrogen (secondary N) is 1. The molecular weight excluding hydrogens is 384 g/mol. The van der Waals surface area contributed by atoms with E-state index in [-0.39, 0.29) is 12.8 Å². The Balaban J connectivity index is 1.14. The van der Waals surface area contributed by atoms with E-state index in [0.29, 0.717) is 30.3 Å². The summed E-state index contributed by atoms with van der Waals surface area (Å²) in [4.78, 5) is 18.9. The number of nitrogens with zero attached hydrogens (tertiary/aromatic N) is 5. The Morgan fingerprint density at radius 3 is 2.17 bits per heavy atom. The van der Waals surface area contributed by atoms with Crippen molar-refractivity contribution in [2.75, 3.05) is 61.2 Å². The zero-order chi connectivity index (χ0) is 20.3. The van der Waals surface area contributed by atoms with Gasteiger partial charge in [-0.1, -0.05) is 0 Å². The quantitative estimate of drug-likeness (QED) is 0.833. The van der Waals surface area contributed by atoms with Gasteiger partial charge in [-0.2, -0.15) is 0 Å². The molecule has 3 aliphatic heterocycles. The average Bonchev–Trinajstić information content (AvgIpc) is 3.28. The summed E-state index contributed by atoms with van der Waals surface area (Å²) in [6, 6.07) is 9.41. The van der Waals surface area contributed by atoms with Crippen molar-refractivity contribution in [1.29, 1.82) is 0 Å². The molecule has 2 aromatic rings. The molecule has 2 fully saturated rings. The summed E-state index contributed by atoms with van der Waals surface area (Å²) < 4.78 is 10.7. The zero-order valence-electron chi connectivity index (χ0n) is 16.9. The number of anilines is 3. The lowest BCUT2D eigenvalue weighted by molar-refractivity contribution is 0.174. The highest BCUT2D eigenvalue weighted by atomic mass is 16.7. The van der Waals surface area contributed by atoms with E-state index in [1.807, 2.05) is 23.1 Å². The molecule has 5 rings (SSSR count). The molecule has 0 unspecified atom stereocenters. The van der Waals surface area contributed by atoms with E-state index in [9.17, 15) is 4.79 Å². The molecule has 9 nitrogen and oxygen atoms in total. The van der Waals surface area contributed by atoms with Crippen LogP contribution in [-0.4, -0.2) is 67.2 Å². The number of carbonyl (C=O) groups is 1. The van der Waals surface area contributed by atoms with Crippen LogP contribution in [0.5, 0.6) is 11.5 Å². The summed E-state index contributed by atoms with van der Waals surface area (Å²) in [7, 11) is 0. The molecule has 1 aromatic heterocycles. The predicted molar refractivity (Wildman–Crippen MR) is 113 cm³/mol. The molecule has 30 heavy (non-hydrogen) atoms. The molecule has 0 saturated carbocycles. The third-order valence-electron chi connectivity index (χ3n) is 5.83. The largest absolute Gasteiger partial charge is 0.454 e. The first kappa shape index (κ1) is 18.8. The maximum Gasteiger partial charge on any atom is 0.321 e. The van der Waals surface area contributed by atoms with Gasteiger partial charge in [0.25, 0.3) is 0 Å². The second kappa shape index (κ2) is 8.25. The molecule has 0 radical (unpaired) electrons. The van der Waals surface area contributed by atoms with E-state index in [1.165, 1.54) is 19.3 Å². The van der Waals surface area contributed by atoms with Crippen molar-refractivity contribution in [3.8, 4) is 11.5 Å². The molecule has 0 spiro atoms. The first-order chi connectivity index (χ1) is 14.8. The number of amides is 2. The number of fused-ring (bicyclic) bond motifs is 1. The Morgan fingerprint density at radius 1 is 0.800 bits per heavy atom. The highest BCUT2D eigenvalue weighted by molar-refractivity contribution is 5.90. The van der Waals surface area contributed by atoms with Gasteiger partial charge in [-0.3, -0.25) is 0 Å². The van der Waals surface area contributed by atoms with Crippen molar-refractivity contribution in [2.45, 2.75) is 19.3 Å². The molecule has 1 aromatic carbocycles. The summed E-state index contributed by atoms with van der Waals surface area (Å²) in [5, 5.41) is 11.8. The average molecular weight is 410 g/mol. The molecule has 2 saturated heterocycles. The van der Waals surface area contributed by atoms with Crippen molar-refractivity contribution in [3.63, 3.8) is 0 Å². The lowest BCUT2D eigenvalue weighted by Crippen LogP contribution is -2.50. The number of rotatable bonds is 3. The van der Waals surface area contributed by atoms with E-state index >= 15 is 0 Å². The van der Waals surface area contributed by atoms with Gasteiger partial charge in [0.2, 0.25) is 6.79 Å². The normalized spacial score (nSPS) is 18.5. The SMILES string of the molecule is O=C(Nc1ccc2c(c1)OCO2)N1CCN(c2ccc(N3CCCCC3)nn2)CC1. The number of benzene rings is 1. The Hall–Kier alpha value is -3.23. The molecule has 9 heteroatoms. The summed E-state index contributed by atoms with van der Waals surface area (Å²) in [5.74, 6) is 3.19. The fourth-order valence-electron chi connectivity index (χ4n) is 4.09. The number of piperidine rings is 1. The molecule has 2 amide bonds. The van der Waals surface area contributed by atoms with E-state index in [0.717, 1.165) is 37.8 Å². The Kier molecular flexibility index (Phi) is 5.17. The lowest BCUT2D eigenvalue weighted by Gasteiger charge is -2.35. The van der Waals surface area contributed by atoms with Gasteiger partial charge >= 0.3 is 6.03 Å². The van der Waals surface area contributed by atoms with Crippen LogP contribution in [0.2, 0.25) is 0 Å². The Labute approximate surface area is 175 Å². The minimum absolute atomic E-state index is 0.111. The molecule has 158 valence electrons. The monoisotopic (exact) mass is 410 g/mol. The molecule has 0 bridgehead atoms. The molecule has 0 atom stereocenters. The number of hydrogen-bond acceptors (Lipinski definition) is 7. The molecule has 3 aliphatic rings. The van der Waals surface area contributed by atoms with Crippen molar-refractivity contribution in [1.82, 2.24) is 15.1 Å². The number of ether oxygens (including phenoxy) is 2.